The minimum absolute atomic E-state index is 0.0809. The highest BCUT2D eigenvalue weighted by Crippen LogP contribution is 2.09. The molecule has 0 aliphatic heterocycles. The first-order valence-electron chi connectivity index (χ1n) is 5.96. The van der Waals surface area contributed by atoms with Gasteiger partial charge in [0, 0.05) is 10.6 Å². The Morgan fingerprint density at radius 1 is 1.00 bits per heavy atom. The summed E-state index contributed by atoms with van der Waals surface area (Å²) in [5, 5.41) is 14.9. The van der Waals surface area contributed by atoms with Crippen LogP contribution in [0, 0.1) is 0 Å². The Balaban J connectivity index is 1.97. The standard InChI is InChI=1S/C15H11ClN2O3/c16-13-7-5-11(6-8-13)14(19)18-17-9-10-1-3-12(4-2-10)15(20)21/h1-9H,(H,18,19)(H,20,21)/p-1. The van der Waals surface area contributed by atoms with Gasteiger partial charge in [-0.3, -0.25) is 4.79 Å². The van der Waals surface area contributed by atoms with Crippen LogP contribution < -0.4 is 10.5 Å². The maximum Gasteiger partial charge on any atom is 0.271 e. The van der Waals surface area contributed by atoms with Crippen LogP contribution >= 0.6 is 11.6 Å². The van der Waals surface area contributed by atoms with E-state index in [1.54, 1.807) is 36.4 Å². The van der Waals surface area contributed by atoms with Crippen molar-refractivity contribution in [1.82, 2.24) is 5.43 Å². The molecule has 1 N–H and O–H groups in total. The summed E-state index contributed by atoms with van der Waals surface area (Å²) in [6.45, 7) is 0. The van der Waals surface area contributed by atoms with Gasteiger partial charge in [0.1, 0.15) is 0 Å². The minimum atomic E-state index is -1.24. The Labute approximate surface area is 125 Å². The van der Waals surface area contributed by atoms with Crippen LogP contribution in [0.15, 0.2) is 53.6 Å². The number of hydrazone groups is 1. The molecular formula is C15H10ClN2O3-. The second kappa shape index (κ2) is 6.67. The van der Waals surface area contributed by atoms with Gasteiger partial charge in [-0.05, 0) is 35.4 Å². The molecule has 6 heteroatoms. The Kier molecular flexibility index (Phi) is 4.68. The van der Waals surface area contributed by atoms with Gasteiger partial charge in [-0.25, -0.2) is 5.43 Å². The molecule has 106 valence electrons. The fourth-order valence-corrected chi connectivity index (χ4v) is 1.66. The van der Waals surface area contributed by atoms with Crippen molar-refractivity contribution in [3.8, 4) is 0 Å². The predicted octanol–water partition coefficient (Wildman–Crippen LogP) is 1.47. The third-order valence-corrected chi connectivity index (χ3v) is 2.88. The van der Waals surface area contributed by atoms with E-state index in [0.29, 0.717) is 16.1 Å². The molecule has 0 radical (unpaired) electrons. The average molecular weight is 302 g/mol. The number of carboxylic acids is 1. The normalized spacial score (nSPS) is 10.5. The summed E-state index contributed by atoms with van der Waals surface area (Å²) < 4.78 is 0. The molecule has 1 amide bonds. The number of nitrogens with zero attached hydrogens (tertiary/aromatic N) is 1. The van der Waals surface area contributed by atoms with Gasteiger partial charge in [-0.1, -0.05) is 35.9 Å². The molecule has 0 unspecified atom stereocenters. The Hall–Kier alpha value is -2.66. The summed E-state index contributed by atoms with van der Waals surface area (Å²) in [6.07, 6.45) is 1.41. The van der Waals surface area contributed by atoms with E-state index in [1.807, 2.05) is 0 Å². The number of amides is 1. The van der Waals surface area contributed by atoms with Gasteiger partial charge in [-0.15, -0.1) is 0 Å². The summed E-state index contributed by atoms with van der Waals surface area (Å²) in [5.41, 5.74) is 3.53. The molecule has 0 saturated heterocycles. The largest absolute Gasteiger partial charge is 0.545 e. The van der Waals surface area contributed by atoms with E-state index in [-0.39, 0.29) is 11.5 Å². The number of carbonyl (C=O) groups is 2. The van der Waals surface area contributed by atoms with E-state index in [9.17, 15) is 14.7 Å². The number of halogens is 1. The van der Waals surface area contributed by atoms with Crippen molar-refractivity contribution >= 4 is 29.7 Å². The first-order valence-corrected chi connectivity index (χ1v) is 6.34. The molecule has 0 aliphatic rings. The molecule has 0 bridgehead atoms. The molecule has 0 fully saturated rings. The zero-order valence-corrected chi connectivity index (χ0v) is 11.5. The fraction of sp³-hybridized carbons (Fsp3) is 0. The number of carbonyl (C=O) groups excluding carboxylic acids is 2. The van der Waals surface area contributed by atoms with E-state index >= 15 is 0 Å². The maximum atomic E-state index is 11.7. The van der Waals surface area contributed by atoms with E-state index in [2.05, 4.69) is 10.5 Å². The molecule has 0 aromatic heterocycles. The lowest BCUT2D eigenvalue weighted by atomic mass is 10.1. The zero-order chi connectivity index (χ0) is 15.2. The van der Waals surface area contributed by atoms with Crippen molar-refractivity contribution in [3.63, 3.8) is 0 Å². The lowest BCUT2D eigenvalue weighted by Gasteiger charge is -2.02. The highest BCUT2D eigenvalue weighted by molar-refractivity contribution is 6.30. The third kappa shape index (κ3) is 4.15. The van der Waals surface area contributed by atoms with Crippen LogP contribution in [0.4, 0.5) is 0 Å². The summed E-state index contributed by atoms with van der Waals surface area (Å²) in [6, 6.07) is 12.3. The summed E-state index contributed by atoms with van der Waals surface area (Å²) in [7, 11) is 0. The van der Waals surface area contributed by atoms with Gasteiger partial charge in [0.2, 0.25) is 0 Å². The molecule has 0 heterocycles. The van der Waals surface area contributed by atoms with Crippen molar-refractivity contribution in [3.05, 3.63) is 70.2 Å². The van der Waals surface area contributed by atoms with Gasteiger partial charge < -0.3 is 9.90 Å². The number of hydrogen-bond donors (Lipinski definition) is 1. The highest BCUT2D eigenvalue weighted by atomic mass is 35.5. The number of rotatable bonds is 4. The Morgan fingerprint density at radius 2 is 1.57 bits per heavy atom. The summed E-state index contributed by atoms with van der Waals surface area (Å²) >= 11 is 5.73. The number of hydrogen-bond acceptors (Lipinski definition) is 4. The molecule has 0 spiro atoms. The molecule has 2 rings (SSSR count). The van der Waals surface area contributed by atoms with Crippen molar-refractivity contribution in [2.24, 2.45) is 5.10 Å². The average Bonchev–Trinajstić information content (AvgIpc) is 2.48. The van der Waals surface area contributed by atoms with Crippen molar-refractivity contribution in [2.75, 3.05) is 0 Å². The van der Waals surface area contributed by atoms with Gasteiger partial charge >= 0.3 is 0 Å². The van der Waals surface area contributed by atoms with E-state index < -0.39 is 5.97 Å². The van der Waals surface area contributed by atoms with Gasteiger partial charge in [-0.2, -0.15) is 5.10 Å². The second-order valence-electron chi connectivity index (χ2n) is 4.12. The van der Waals surface area contributed by atoms with Crippen molar-refractivity contribution < 1.29 is 14.7 Å². The second-order valence-corrected chi connectivity index (χ2v) is 4.55. The smallest absolute Gasteiger partial charge is 0.271 e. The maximum absolute atomic E-state index is 11.7. The molecule has 0 aliphatic carbocycles. The first kappa shape index (κ1) is 14.7. The molecule has 2 aromatic carbocycles. The first-order chi connectivity index (χ1) is 10.1. The lowest BCUT2D eigenvalue weighted by molar-refractivity contribution is -0.255. The molecule has 0 atom stereocenters. The summed E-state index contributed by atoms with van der Waals surface area (Å²) in [5.74, 6) is -1.61. The van der Waals surface area contributed by atoms with Crippen LogP contribution in [0.1, 0.15) is 26.3 Å². The molecular weight excluding hydrogens is 292 g/mol. The molecule has 5 nitrogen and oxygen atoms in total. The predicted molar refractivity (Wildman–Crippen MR) is 77.3 cm³/mol. The Bertz CT molecular complexity index is 679. The van der Waals surface area contributed by atoms with Crippen LogP contribution in [0.3, 0.4) is 0 Å². The molecule has 0 saturated carbocycles. The van der Waals surface area contributed by atoms with Gasteiger partial charge in [0.05, 0.1) is 12.2 Å². The highest BCUT2D eigenvalue weighted by Gasteiger charge is 2.02. The summed E-state index contributed by atoms with van der Waals surface area (Å²) in [4.78, 5) is 22.3. The Morgan fingerprint density at radius 3 is 2.14 bits per heavy atom. The van der Waals surface area contributed by atoms with Crippen LogP contribution in [-0.4, -0.2) is 18.1 Å². The van der Waals surface area contributed by atoms with E-state index in [4.69, 9.17) is 11.6 Å². The number of aromatic carboxylic acids is 1. The van der Waals surface area contributed by atoms with Crippen LogP contribution in [-0.2, 0) is 0 Å². The van der Waals surface area contributed by atoms with E-state index in [0.717, 1.165) is 0 Å². The molecule has 2 aromatic rings. The molecule has 21 heavy (non-hydrogen) atoms. The quantitative estimate of drug-likeness (QED) is 0.686. The van der Waals surface area contributed by atoms with Gasteiger partial charge in [0.15, 0.2) is 0 Å². The van der Waals surface area contributed by atoms with Crippen LogP contribution in [0.5, 0.6) is 0 Å². The van der Waals surface area contributed by atoms with Gasteiger partial charge in [0.25, 0.3) is 5.91 Å². The number of benzene rings is 2. The topological polar surface area (TPSA) is 81.6 Å². The SMILES string of the molecule is O=C([O-])c1ccc(C=NNC(=O)c2ccc(Cl)cc2)cc1. The van der Waals surface area contributed by atoms with Crippen molar-refractivity contribution in [2.45, 2.75) is 0 Å². The zero-order valence-electron chi connectivity index (χ0n) is 10.7. The monoisotopic (exact) mass is 301 g/mol. The number of nitrogens with one attached hydrogen (secondary N) is 1. The van der Waals surface area contributed by atoms with Crippen molar-refractivity contribution in [1.29, 1.82) is 0 Å². The minimum Gasteiger partial charge on any atom is -0.545 e. The lowest BCUT2D eigenvalue weighted by Crippen LogP contribution is -2.22. The number of carboxylic acid groups (broad SMARTS) is 1. The third-order valence-electron chi connectivity index (χ3n) is 2.63. The fourth-order valence-electron chi connectivity index (χ4n) is 1.54. The van der Waals surface area contributed by atoms with E-state index in [1.165, 1.54) is 18.3 Å². The van der Waals surface area contributed by atoms with Crippen LogP contribution in [0.25, 0.3) is 0 Å². The van der Waals surface area contributed by atoms with Crippen LogP contribution in [0.2, 0.25) is 5.02 Å².